The van der Waals surface area contributed by atoms with Gasteiger partial charge in [0, 0.05) is 68.2 Å². The summed E-state index contributed by atoms with van der Waals surface area (Å²) in [6.07, 6.45) is 3.02. The van der Waals surface area contributed by atoms with Crippen LogP contribution in [0.5, 0.6) is 5.75 Å². The molecule has 1 aliphatic heterocycles. The molecule has 5 rings (SSSR count). The van der Waals surface area contributed by atoms with Crippen LogP contribution in [-0.4, -0.2) is 80.2 Å². The molecule has 7 heteroatoms. The molecule has 3 heterocycles. The topological polar surface area (TPSA) is 56.8 Å². The van der Waals surface area contributed by atoms with Gasteiger partial charge in [-0.05, 0) is 63.0 Å². The Hall–Kier alpha value is -3.68. The Morgan fingerprint density at radius 3 is 2.47 bits per heavy atom. The zero-order valence-corrected chi connectivity index (χ0v) is 22.7. The number of nitrogens with zero attached hydrogens (tertiary/aromatic N) is 5. The van der Waals surface area contributed by atoms with Crippen LogP contribution in [0.3, 0.4) is 0 Å². The molecule has 198 valence electrons. The van der Waals surface area contributed by atoms with Gasteiger partial charge < -0.3 is 19.9 Å². The SMILES string of the molecule is COc1ccc2c(NCCCN(C)C)cc(-c3ccc(N4CCN(Cc5ccccc5)CC4)nc3)nc2c1. The molecule has 2 aromatic heterocycles. The van der Waals surface area contributed by atoms with Gasteiger partial charge in [0.25, 0.3) is 0 Å². The predicted molar refractivity (Wildman–Crippen MR) is 157 cm³/mol. The Morgan fingerprint density at radius 2 is 1.76 bits per heavy atom. The van der Waals surface area contributed by atoms with Crippen molar-refractivity contribution in [1.82, 2.24) is 19.8 Å². The quantitative estimate of drug-likeness (QED) is 0.302. The van der Waals surface area contributed by atoms with Crippen LogP contribution in [0.1, 0.15) is 12.0 Å². The highest BCUT2D eigenvalue weighted by Crippen LogP contribution is 2.31. The molecule has 2 aromatic carbocycles. The van der Waals surface area contributed by atoms with Gasteiger partial charge in [0.1, 0.15) is 11.6 Å². The summed E-state index contributed by atoms with van der Waals surface area (Å²) in [5.41, 5.74) is 5.29. The molecule has 0 saturated carbocycles. The van der Waals surface area contributed by atoms with Gasteiger partial charge in [0.05, 0.1) is 18.3 Å². The zero-order valence-electron chi connectivity index (χ0n) is 22.7. The molecule has 0 amide bonds. The smallest absolute Gasteiger partial charge is 0.128 e. The van der Waals surface area contributed by atoms with E-state index in [-0.39, 0.29) is 0 Å². The second kappa shape index (κ2) is 12.2. The molecule has 1 saturated heterocycles. The van der Waals surface area contributed by atoms with Gasteiger partial charge >= 0.3 is 0 Å². The summed E-state index contributed by atoms with van der Waals surface area (Å²) in [6.45, 7) is 6.98. The molecule has 1 N–H and O–H groups in total. The largest absolute Gasteiger partial charge is 0.497 e. The maximum Gasteiger partial charge on any atom is 0.128 e. The van der Waals surface area contributed by atoms with E-state index in [2.05, 4.69) is 88.7 Å². The molecule has 1 fully saturated rings. The van der Waals surface area contributed by atoms with Crippen LogP contribution in [-0.2, 0) is 6.54 Å². The van der Waals surface area contributed by atoms with Gasteiger partial charge in [-0.2, -0.15) is 0 Å². The Balaban J connectivity index is 1.29. The fourth-order valence-electron chi connectivity index (χ4n) is 4.95. The summed E-state index contributed by atoms with van der Waals surface area (Å²) in [4.78, 5) is 16.9. The standard InChI is InChI=1S/C31H38N6O/c1-35(2)15-7-14-32-29-21-28(34-30-20-26(38-3)11-12-27(29)30)25-10-13-31(33-22-25)37-18-16-36(17-19-37)23-24-8-5-4-6-9-24/h4-6,8-13,20-22H,7,14-19,23H2,1-3H3,(H,32,34). The number of hydrogen-bond donors (Lipinski definition) is 1. The lowest BCUT2D eigenvalue weighted by atomic mass is 10.1. The zero-order chi connectivity index (χ0) is 26.3. The number of hydrogen-bond acceptors (Lipinski definition) is 7. The first-order valence-corrected chi connectivity index (χ1v) is 13.4. The van der Waals surface area contributed by atoms with Crippen molar-refractivity contribution in [2.24, 2.45) is 0 Å². The molecule has 1 aliphatic rings. The van der Waals surface area contributed by atoms with E-state index in [9.17, 15) is 0 Å². The number of anilines is 2. The minimum Gasteiger partial charge on any atom is -0.497 e. The second-order valence-electron chi connectivity index (χ2n) is 10.2. The number of nitrogens with one attached hydrogen (secondary N) is 1. The van der Waals surface area contributed by atoms with E-state index in [4.69, 9.17) is 14.7 Å². The lowest BCUT2D eigenvalue weighted by Crippen LogP contribution is -2.46. The summed E-state index contributed by atoms with van der Waals surface area (Å²) in [5.74, 6) is 1.83. The molecule has 38 heavy (non-hydrogen) atoms. The average Bonchev–Trinajstić information content (AvgIpc) is 2.95. The number of ether oxygens (including phenoxy) is 1. The van der Waals surface area contributed by atoms with Crippen molar-refractivity contribution in [1.29, 1.82) is 0 Å². The van der Waals surface area contributed by atoms with Crippen molar-refractivity contribution in [2.75, 3.05) is 70.7 Å². The van der Waals surface area contributed by atoms with Crippen LogP contribution >= 0.6 is 0 Å². The Kier molecular flexibility index (Phi) is 8.36. The summed E-state index contributed by atoms with van der Waals surface area (Å²) < 4.78 is 5.47. The molecular weight excluding hydrogens is 472 g/mol. The van der Waals surface area contributed by atoms with Crippen molar-refractivity contribution in [3.8, 4) is 17.0 Å². The monoisotopic (exact) mass is 510 g/mol. The fraction of sp³-hybridized carbons (Fsp3) is 0.355. The van der Waals surface area contributed by atoms with E-state index in [1.54, 1.807) is 7.11 Å². The van der Waals surface area contributed by atoms with Crippen molar-refractivity contribution < 1.29 is 4.74 Å². The van der Waals surface area contributed by atoms with E-state index in [1.807, 2.05) is 18.3 Å². The predicted octanol–water partition coefficient (Wildman–Crippen LogP) is 4.99. The second-order valence-corrected chi connectivity index (χ2v) is 10.2. The van der Waals surface area contributed by atoms with Gasteiger partial charge in [-0.1, -0.05) is 30.3 Å². The minimum absolute atomic E-state index is 0.806. The first-order chi connectivity index (χ1) is 18.6. The molecule has 0 radical (unpaired) electrons. The summed E-state index contributed by atoms with van der Waals surface area (Å²) in [7, 11) is 5.90. The van der Waals surface area contributed by atoms with Crippen LogP contribution in [0.4, 0.5) is 11.5 Å². The summed E-state index contributed by atoms with van der Waals surface area (Å²) in [5, 5.41) is 4.73. The van der Waals surface area contributed by atoms with Crippen molar-refractivity contribution in [3.63, 3.8) is 0 Å². The van der Waals surface area contributed by atoms with Crippen molar-refractivity contribution in [2.45, 2.75) is 13.0 Å². The van der Waals surface area contributed by atoms with Crippen LogP contribution in [0.25, 0.3) is 22.2 Å². The third kappa shape index (κ3) is 6.41. The van der Waals surface area contributed by atoms with Crippen LogP contribution in [0.2, 0.25) is 0 Å². The molecule has 7 nitrogen and oxygen atoms in total. The van der Waals surface area contributed by atoms with Crippen LogP contribution in [0, 0.1) is 0 Å². The third-order valence-electron chi connectivity index (χ3n) is 7.10. The average molecular weight is 511 g/mol. The highest BCUT2D eigenvalue weighted by atomic mass is 16.5. The van der Waals surface area contributed by atoms with E-state index in [0.717, 1.165) is 91.6 Å². The van der Waals surface area contributed by atoms with Gasteiger partial charge in [0.2, 0.25) is 0 Å². The highest BCUT2D eigenvalue weighted by molar-refractivity contribution is 5.94. The van der Waals surface area contributed by atoms with Gasteiger partial charge in [-0.3, -0.25) is 4.90 Å². The Labute approximate surface area is 226 Å². The minimum atomic E-state index is 0.806. The van der Waals surface area contributed by atoms with Crippen molar-refractivity contribution >= 4 is 22.4 Å². The van der Waals surface area contributed by atoms with E-state index < -0.39 is 0 Å². The Morgan fingerprint density at radius 1 is 0.947 bits per heavy atom. The fourth-order valence-corrected chi connectivity index (χ4v) is 4.95. The lowest BCUT2D eigenvalue weighted by Gasteiger charge is -2.35. The number of pyridine rings is 2. The summed E-state index contributed by atoms with van der Waals surface area (Å²) >= 11 is 0. The molecule has 0 aliphatic carbocycles. The third-order valence-corrected chi connectivity index (χ3v) is 7.10. The number of benzene rings is 2. The highest BCUT2D eigenvalue weighted by Gasteiger charge is 2.18. The molecular formula is C31H38N6O. The van der Waals surface area contributed by atoms with Crippen molar-refractivity contribution in [3.05, 3.63) is 78.5 Å². The normalized spacial score (nSPS) is 14.3. The van der Waals surface area contributed by atoms with E-state index in [0.29, 0.717) is 0 Å². The molecule has 0 atom stereocenters. The summed E-state index contributed by atoms with van der Waals surface area (Å²) in [6, 6.07) is 23.2. The Bertz CT molecular complexity index is 1320. The van der Waals surface area contributed by atoms with Crippen LogP contribution in [0.15, 0.2) is 72.9 Å². The number of methoxy groups -OCH3 is 1. The first kappa shape index (κ1) is 25.9. The maximum atomic E-state index is 5.47. The molecule has 0 bridgehead atoms. The van der Waals surface area contributed by atoms with E-state index in [1.165, 1.54) is 5.56 Å². The number of aromatic nitrogens is 2. The van der Waals surface area contributed by atoms with E-state index >= 15 is 0 Å². The first-order valence-electron chi connectivity index (χ1n) is 13.4. The van der Waals surface area contributed by atoms with Gasteiger partial charge in [-0.25, -0.2) is 9.97 Å². The van der Waals surface area contributed by atoms with Gasteiger partial charge in [0.15, 0.2) is 0 Å². The lowest BCUT2D eigenvalue weighted by molar-refractivity contribution is 0.249. The maximum absolute atomic E-state index is 5.47. The molecule has 0 unspecified atom stereocenters. The number of fused-ring (bicyclic) bond motifs is 1. The van der Waals surface area contributed by atoms with Gasteiger partial charge in [-0.15, -0.1) is 0 Å². The number of rotatable bonds is 10. The van der Waals surface area contributed by atoms with Crippen LogP contribution < -0.4 is 15.0 Å². The number of piperazine rings is 1. The molecule has 0 spiro atoms. The molecule has 4 aromatic rings.